The average Bonchev–Trinajstić information content (AvgIpc) is 3.33. The minimum Gasteiger partial charge on any atom is -0.378 e. The van der Waals surface area contributed by atoms with Crippen LogP contribution >= 0.6 is 0 Å². The first-order valence-corrected chi connectivity index (χ1v) is 9.20. The zero-order chi connectivity index (χ0) is 14.9. The highest BCUT2D eigenvalue weighted by molar-refractivity contribution is 7.90. The maximum Gasteiger partial charge on any atom is 0.317 e. The van der Waals surface area contributed by atoms with Gasteiger partial charge in [-0.1, -0.05) is 0 Å². The summed E-state index contributed by atoms with van der Waals surface area (Å²) >= 11 is 0. The van der Waals surface area contributed by atoms with E-state index in [4.69, 9.17) is 4.74 Å². The number of ether oxygens (including phenoxy) is 1. The Bertz CT molecular complexity index is 486. The minimum absolute atomic E-state index is 0.0809. The van der Waals surface area contributed by atoms with Crippen LogP contribution < -0.4 is 5.32 Å². The molecule has 3 aliphatic rings. The van der Waals surface area contributed by atoms with Gasteiger partial charge in [-0.05, 0) is 25.7 Å². The molecule has 0 aromatic carbocycles. The van der Waals surface area contributed by atoms with Crippen molar-refractivity contribution in [1.82, 2.24) is 14.5 Å². The van der Waals surface area contributed by atoms with E-state index in [9.17, 15) is 13.2 Å². The number of urea groups is 1. The van der Waals surface area contributed by atoms with Gasteiger partial charge in [0.2, 0.25) is 10.0 Å². The normalized spacial score (nSPS) is 28.4. The Hall–Kier alpha value is -0.860. The van der Waals surface area contributed by atoms with Gasteiger partial charge in [0.05, 0.1) is 18.5 Å². The molecule has 3 rings (SSSR count). The Morgan fingerprint density at radius 2 is 1.81 bits per heavy atom. The number of nitrogens with one attached hydrogen (secondary N) is 1. The molecule has 0 aromatic rings. The van der Waals surface area contributed by atoms with Crippen LogP contribution in [-0.4, -0.2) is 74.3 Å². The Kier molecular flexibility index (Phi) is 4.37. The third-order valence-corrected chi connectivity index (χ3v) is 6.68. The summed E-state index contributed by atoms with van der Waals surface area (Å²) < 4.78 is 31.3. The van der Waals surface area contributed by atoms with Crippen molar-refractivity contribution in [2.75, 3.05) is 39.4 Å². The molecular formula is C13H23N3O4S. The number of piperidine rings is 1. The van der Waals surface area contributed by atoms with Gasteiger partial charge in [-0.25, -0.2) is 13.2 Å². The van der Waals surface area contributed by atoms with Gasteiger partial charge in [-0.15, -0.1) is 0 Å². The highest BCUT2D eigenvalue weighted by Gasteiger charge is 2.41. The molecule has 1 atom stereocenters. The number of rotatable bonds is 3. The SMILES string of the molecule is O=C(N[C@@H]1CCCN(S(=O)(=O)C2CC2)C1)N1CCOCC1. The van der Waals surface area contributed by atoms with Crippen LogP contribution in [0.4, 0.5) is 4.79 Å². The van der Waals surface area contributed by atoms with Crippen molar-refractivity contribution in [2.45, 2.75) is 37.0 Å². The Morgan fingerprint density at radius 1 is 1.10 bits per heavy atom. The Balaban J connectivity index is 1.54. The first kappa shape index (κ1) is 15.1. The van der Waals surface area contributed by atoms with E-state index in [1.807, 2.05) is 0 Å². The molecule has 7 nitrogen and oxygen atoms in total. The van der Waals surface area contributed by atoms with Crippen LogP contribution in [0, 0.1) is 0 Å². The quantitative estimate of drug-likeness (QED) is 0.794. The fourth-order valence-electron chi connectivity index (χ4n) is 2.90. The number of sulfonamides is 1. The molecule has 2 amide bonds. The fraction of sp³-hybridized carbons (Fsp3) is 0.923. The van der Waals surface area contributed by atoms with Crippen LogP contribution in [0.15, 0.2) is 0 Å². The second kappa shape index (κ2) is 6.10. The lowest BCUT2D eigenvalue weighted by Gasteiger charge is -2.34. The lowest BCUT2D eigenvalue weighted by molar-refractivity contribution is 0.0519. The van der Waals surface area contributed by atoms with Crippen molar-refractivity contribution >= 4 is 16.1 Å². The molecular weight excluding hydrogens is 294 g/mol. The molecule has 1 aliphatic carbocycles. The van der Waals surface area contributed by atoms with E-state index in [-0.39, 0.29) is 17.3 Å². The molecule has 8 heteroatoms. The summed E-state index contributed by atoms with van der Waals surface area (Å²) in [4.78, 5) is 13.9. The molecule has 3 fully saturated rings. The van der Waals surface area contributed by atoms with Crippen molar-refractivity contribution < 1.29 is 17.9 Å². The number of hydrogen-bond donors (Lipinski definition) is 1. The lowest BCUT2D eigenvalue weighted by Crippen LogP contribution is -2.54. The van der Waals surface area contributed by atoms with Crippen molar-refractivity contribution in [3.8, 4) is 0 Å². The zero-order valence-corrected chi connectivity index (χ0v) is 13.0. The monoisotopic (exact) mass is 317 g/mol. The fourth-order valence-corrected chi connectivity index (χ4v) is 4.83. The summed E-state index contributed by atoms with van der Waals surface area (Å²) in [6.45, 7) is 3.34. The molecule has 2 heterocycles. The molecule has 0 bridgehead atoms. The summed E-state index contributed by atoms with van der Waals surface area (Å²) in [6, 6.07) is -0.184. The molecule has 2 saturated heterocycles. The minimum atomic E-state index is -3.13. The van der Waals surface area contributed by atoms with Gasteiger partial charge in [-0.3, -0.25) is 0 Å². The van der Waals surface area contributed by atoms with E-state index in [1.165, 1.54) is 0 Å². The number of nitrogens with zero attached hydrogens (tertiary/aromatic N) is 2. The maximum atomic E-state index is 12.3. The van der Waals surface area contributed by atoms with Gasteiger partial charge in [-0.2, -0.15) is 4.31 Å². The van der Waals surface area contributed by atoms with Crippen LogP contribution in [0.2, 0.25) is 0 Å². The molecule has 120 valence electrons. The summed E-state index contributed by atoms with van der Waals surface area (Å²) in [7, 11) is -3.13. The Morgan fingerprint density at radius 3 is 2.48 bits per heavy atom. The maximum absolute atomic E-state index is 12.3. The molecule has 1 saturated carbocycles. The van der Waals surface area contributed by atoms with Gasteiger partial charge in [0.15, 0.2) is 0 Å². The van der Waals surface area contributed by atoms with E-state index >= 15 is 0 Å². The lowest BCUT2D eigenvalue weighted by atomic mass is 10.1. The first-order valence-electron chi connectivity index (χ1n) is 7.69. The predicted molar refractivity (Wildman–Crippen MR) is 77.5 cm³/mol. The second-order valence-electron chi connectivity index (χ2n) is 5.99. The number of carbonyl (C=O) groups excluding carboxylic acids is 1. The molecule has 2 aliphatic heterocycles. The van der Waals surface area contributed by atoms with E-state index in [2.05, 4.69) is 5.32 Å². The van der Waals surface area contributed by atoms with Crippen LogP contribution in [-0.2, 0) is 14.8 Å². The average molecular weight is 317 g/mol. The van der Waals surface area contributed by atoms with E-state index in [1.54, 1.807) is 9.21 Å². The highest BCUT2D eigenvalue weighted by atomic mass is 32.2. The molecule has 1 N–H and O–H groups in total. The number of hydrogen-bond acceptors (Lipinski definition) is 4. The topological polar surface area (TPSA) is 79.0 Å². The standard InChI is InChI=1S/C13H23N3O4S/c17-13(15-6-8-20-9-7-15)14-11-2-1-5-16(10-11)21(18,19)12-3-4-12/h11-12H,1-10H2,(H,14,17)/t11-/m1/s1. The van der Waals surface area contributed by atoms with Crippen LogP contribution in [0.3, 0.4) is 0 Å². The smallest absolute Gasteiger partial charge is 0.317 e. The summed E-state index contributed by atoms with van der Waals surface area (Å²) in [5.74, 6) is 0. The van der Waals surface area contributed by atoms with E-state index < -0.39 is 10.0 Å². The molecule has 0 aromatic heterocycles. The molecule has 0 radical (unpaired) electrons. The second-order valence-corrected chi connectivity index (χ2v) is 8.20. The predicted octanol–water partition coefficient (Wildman–Crippen LogP) is -0.0152. The number of morpholine rings is 1. The highest BCUT2D eigenvalue weighted by Crippen LogP contribution is 2.32. The van der Waals surface area contributed by atoms with Crippen molar-refractivity contribution in [3.05, 3.63) is 0 Å². The largest absolute Gasteiger partial charge is 0.378 e. The number of amides is 2. The van der Waals surface area contributed by atoms with Crippen LogP contribution in [0.25, 0.3) is 0 Å². The summed E-state index contributed by atoms with van der Waals surface area (Å²) in [5, 5.41) is 2.80. The van der Waals surface area contributed by atoms with Crippen LogP contribution in [0.5, 0.6) is 0 Å². The van der Waals surface area contributed by atoms with Gasteiger partial charge in [0.1, 0.15) is 0 Å². The Labute approximate surface area is 125 Å². The molecule has 0 unspecified atom stereocenters. The third-order valence-electron chi connectivity index (χ3n) is 4.32. The first-order chi connectivity index (χ1) is 10.1. The van der Waals surface area contributed by atoms with Gasteiger partial charge in [0, 0.05) is 32.2 Å². The zero-order valence-electron chi connectivity index (χ0n) is 12.2. The van der Waals surface area contributed by atoms with E-state index in [0.717, 1.165) is 25.7 Å². The third kappa shape index (κ3) is 3.49. The van der Waals surface area contributed by atoms with Gasteiger partial charge in [0.25, 0.3) is 0 Å². The molecule has 21 heavy (non-hydrogen) atoms. The van der Waals surface area contributed by atoms with Crippen molar-refractivity contribution in [1.29, 1.82) is 0 Å². The number of carbonyl (C=O) groups is 1. The molecule has 0 spiro atoms. The van der Waals surface area contributed by atoms with Gasteiger partial charge >= 0.3 is 6.03 Å². The van der Waals surface area contributed by atoms with Crippen molar-refractivity contribution in [2.24, 2.45) is 0 Å². The van der Waals surface area contributed by atoms with Crippen LogP contribution in [0.1, 0.15) is 25.7 Å². The van der Waals surface area contributed by atoms with Crippen molar-refractivity contribution in [3.63, 3.8) is 0 Å². The van der Waals surface area contributed by atoms with E-state index in [0.29, 0.717) is 39.4 Å². The van der Waals surface area contributed by atoms with Gasteiger partial charge < -0.3 is 15.0 Å². The summed E-state index contributed by atoms with van der Waals surface area (Å²) in [5.41, 5.74) is 0. The summed E-state index contributed by atoms with van der Waals surface area (Å²) in [6.07, 6.45) is 3.21.